The number of rotatable bonds is 6. The molecule has 3 aromatic heterocycles. The number of aromatic nitrogens is 4. The first-order chi connectivity index (χ1) is 24.8. The van der Waals surface area contributed by atoms with E-state index in [1.54, 1.807) is 6.20 Å². The second-order valence-corrected chi connectivity index (χ2v) is 12.3. The van der Waals surface area contributed by atoms with Crippen LogP contribution in [0.4, 0.5) is 0 Å². The minimum absolute atomic E-state index is 0.632. The zero-order valence-electron chi connectivity index (χ0n) is 27.1. The molecule has 0 N–H and O–H groups in total. The summed E-state index contributed by atoms with van der Waals surface area (Å²) in [7, 11) is 0. The Morgan fingerprint density at radius 3 is 1.48 bits per heavy atom. The Morgan fingerprint density at radius 1 is 0.320 bits per heavy atom. The van der Waals surface area contributed by atoms with E-state index in [0.29, 0.717) is 5.82 Å². The zero-order valence-corrected chi connectivity index (χ0v) is 27.1. The Morgan fingerprint density at radius 2 is 0.860 bits per heavy atom. The van der Waals surface area contributed by atoms with Gasteiger partial charge in [-0.1, -0.05) is 127 Å². The van der Waals surface area contributed by atoms with Gasteiger partial charge in [0.15, 0.2) is 5.82 Å². The molecule has 3 heterocycles. The van der Waals surface area contributed by atoms with Crippen molar-refractivity contribution in [1.29, 1.82) is 0 Å². The van der Waals surface area contributed by atoms with Crippen molar-refractivity contribution in [1.82, 2.24) is 19.9 Å². The van der Waals surface area contributed by atoms with Gasteiger partial charge in [-0.3, -0.25) is 9.97 Å². The Balaban J connectivity index is 1.22. The van der Waals surface area contributed by atoms with Gasteiger partial charge >= 0.3 is 0 Å². The highest BCUT2D eigenvalue weighted by molar-refractivity contribution is 6.21. The minimum atomic E-state index is 0.632. The van der Waals surface area contributed by atoms with Crippen LogP contribution >= 0.6 is 0 Å². The lowest BCUT2D eigenvalue weighted by Crippen LogP contribution is -1.97. The van der Waals surface area contributed by atoms with E-state index in [1.165, 1.54) is 38.2 Å². The maximum Gasteiger partial charge on any atom is 0.161 e. The molecule has 0 fully saturated rings. The lowest BCUT2D eigenvalue weighted by molar-refractivity contribution is 1.17. The summed E-state index contributed by atoms with van der Waals surface area (Å²) in [5.41, 5.74) is 11.4. The van der Waals surface area contributed by atoms with Crippen LogP contribution in [0.2, 0.25) is 0 Å². The maximum absolute atomic E-state index is 5.12. The Bertz CT molecular complexity index is 2560. The smallest absolute Gasteiger partial charge is 0.161 e. The van der Waals surface area contributed by atoms with Gasteiger partial charge in [0, 0.05) is 40.8 Å². The fraction of sp³-hybridized carbons (Fsp3) is 0. The van der Waals surface area contributed by atoms with Gasteiger partial charge in [0.2, 0.25) is 0 Å². The van der Waals surface area contributed by atoms with Crippen LogP contribution in [0.15, 0.2) is 182 Å². The van der Waals surface area contributed by atoms with Crippen molar-refractivity contribution >= 4 is 21.5 Å². The average molecular weight is 639 g/mol. The monoisotopic (exact) mass is 638 g/mol. The van der Waals surface area contributed by atoms with Crippen LogP contribution in [0.1, 0.15) is 0 Å². The van der Waals surface area contributed by atoms with E-state index in [2.05, 4.69) is 143 Å². The Hall–Kier alpha value is -6.78. The summed E-state index contributed by atoms with van der Waals surface area (Å²) in [5, 5.41) is 4.90. The fourth-order valence-corrected chi connectivity index (χ4v) is 6.90. The Labute approximate surface area is 290 Å². The summed E-state index contributed by atoms with van der Waals surface area (Å²) >= 11 is 0. The molecule has 0 aliphatic rings. The first kappa shape index (κ1) is 29.4. The fourth-order valence-electron chi connectivity index (χ4n) is 6.90. The third kappa shape index (κ3) is 5.39. The lowest BCUT2D eigenvalue weighted by atomic mass is 9.85. The molecule has 9 rings (SSSR count). The summed E-state index contributed by atoms with van der Waals surface area (Å²) in [6, 6.07) is 57.3. The summed E-state index contributed by atoms with van der Waals surface area (Å²) in [5.74, 6) is 0.632. The van der Waals surface area contributed by atoms with Gasteiger partial charge in [0.25, 0.3) is 0 Å². The highest BCUT2D eigenvalue weighted by atomic mass is 14.9. The van der Waals surface area contributed by atoms with Gasteiger partial charge in [0.1, 0.15) is 0 Å². The van der Waals surface area contributed by atoms with Gasteiger partial charge in [-0.25, -0.2) is 9.97 Å². The Kier molecular flexibility index (Phi) is 7.45. The number of hydrogen-bond donors (Lipinski definition) is 0. The molecule has 0 unspecified atom stereocenters. The molecule has 0 saturated heterocycles. The zero-order chi connectivity index (χ0) is 33.3. The molecule has 0 radical (unpaired) electrons. The van der Waals surface area contributed by atoms with Crippen molar-refractivity contribution in [2.75, 3.05) is 0 Å². The average Bonchev–Trinajstić information content (AvgIpc) is 3.21. The molecule has 0 amide bonds. The molecule has 0 aliphatic heterocycles. The normalized spacial score (nSPS) is 11.2. The number of benzene rings is 6. The predicted octanol–water partition coefficient (Wildman–Crippen LogP) is 11.6. The second kappa shape index (κ2) is 12.7. The van der Waals surface area contributed by atoms with Crippen molar-refractivity contribution in [3.8, 4) is 67.4 Å². The van der Waals surface area contributed by atoms with E-state index in [9.17, 15) is 0 Å². The minimum Gasteiger partial charge on any atom is -0.264 e. The molecule has 0 bridgehead atoms. The summed E-state index contributed by atoms with van der Waals surface area (Å²) < 4.78 is 0. The molecule has 6 aromatic carbocycles. The van der Waals surface area contributed by atoms with Crippen molar-refractivity contribution in [3.05, 3.63) is 182 Å². The second-order valence-electron chi connectivity index (χ2n) is 12.3. The molecule has 0 atom stereocenters. The van der Waals surface area contributed by atoms with Crippen LogP contribution in [-0.4, -0.2) is 19.9 Å². The van der Waals surface area contributed by atoms with Crippen LogP contribution in [-0.2, 0) is 0 Å². The summed E-state index contributed by atoms with van der Waals surface area (Å²) in [6.45, 7) is 0. The lowest BCUT2D eigenvalue weighted by Gasteiger charge is -2.18. The molecule has 0 saturated carbocycles. The van der Waals surface area contributed by atoms with Crippen molar-refractivity contribution < 1.29 is 0 Å². The van der Waals surface area contributed by atoms with Crippen LogP contribution in [0.5, 0.6) is 0 Å². The third-order valence-electron chi connectivity index (χ3n) is 9.23. The quantitative estimate of drug-likeness (QED) is 0.170. The summed E-state index contributed by atoms with van der Waals surface area (Å²) in [6.07, 6.45) is 5.40. The molecular weight excluding hydrogens is 609 g/mol. The number of pyridine rings is 2. The largest absolute Gasteiger partial charge is 0.264 e. The van der Waals surface area contributed by atoms with Crippen LogP contribution in [0.25, 0.3) is 89.0 Å². The SMILES string of the molecule is c1ccc(-c2c3ccccc3c(-c3cccc(-c4cc(-c5ccc(-c6ccccn6)cc5)nc(-c5cccnc5)n4)c3)c3ccccc23)cc1. The van der Waals surface area contributed by atoms with Gasteiger partial charge in [-0.2, -0.15) is 0 Å². The molecular formula is C46H30N4. The van der Waals surface area contributed by atoms with Crippen LogP contribution in [0.3, 0.4) is 0 Å². The van der Waals surface area contributed by atoms with E-state index in [1.807, 2.05) is 42.7 Å². The standard InChI is InChI=1S/C46H30N4/c1-2-12-33(13-3-1)44-37-17-4-6-19-39(37)45(40-20-7-5-18-38(40)44)35-15-10-14-34(28-35)43-29-42(49-46(50-43)36-16-11-26-47-30-36)32-24-22-31(23-25-32)41-21-8-9-27-48-41/h1-30H. The molecule has 0 spiro atoms. The van der Waals surface area contributed by atoms with Crippen molar-refractivity contribution in [3.63, 3.8) is 0 Å². The van der Waals surface area contributed by atoms with E-state index < -0.39 is 0 Å². The molecule has 4 nitrogen and oxygen atoms in total. The van der Waals surface area contributed by atoms with E-state index >= 15 is 0 Å². The maximum atomic E-state index is 5.12. The third-order valence-corrected chi connectivity index (χ3v) is 9.23. The topological polar surface area (TPSA) is 51.6 Å². The highest BCUT2D eigenvalue weighted by Crippen LogP contribution is 2.44. The van der Waals surface area contributed by atoms with Crippen LogP contribution < -0.4 is 0 Å². The molecule has 234 valence electrons. The van der Waals surface area contributed by atoms with E-state index in [-0.39, 0.29) is 0 Å². The number of nitrogens with zero attached hydrogens (tertiary/aromatic N) is 4. The number of fused-ring (bicyclic) bond motifs is 2. The van der Waals surface area contributed by atoms with Gasteiger partial charge < -0.3 is 0 Å². The van der Waals surface area contributed by atoms with Gasteiger partial charge in [-0.15, -0.1) is 0 Å². The summed E-state index contributed by atoms with van der Waals surface area (Å²) in [4.78, 5) is 19.0. The van der Waals surface area contributed by atoms with Crippen molar-refractivity contribution in [2.45, 2.75) is 0 Å². The molecule has 9 aromatic rings. The first-order valence-electron chi connectivity index (χ1n) is 16.7. The van der Waals surface area contributed by atoms with Gasteiger partial charge in [-0.05, 0) is 80.2 Å². The molecule has 50 heavy (non-hydrogen) atoms. The first-order valence-corrected chi connectivity index (χ1v) is 16.7. The molecule has 4 heteroatoms. The highest BCUT2D eigenvalue weighted by Gasteiger charge is 2.18. The van der Waals surface area contributed by atoms with E-state index in [0.717, 1.165) is 44.9 Å². The van der Waals surface area contributed by atoms with E-state index in [4.69, 9.17) is 9.97 Å². The number of hydrogen-bond acceptors (Lipinski definition) is 4. The van der Waals surface area contributed by atoms with Crippen molar-refractivity contribution in [2.24, 2.45) is 0 Å². The predicted molar refractivity (Wildman–Crippen MR) is 205 cm³/mol. The van der Waals surface area contributed by atoms with Gasteiger partial charge in [0.05, 0.1) is 17.1 Å². The molecule has 0 aliphatic carbocycles. The van der Waals surface area contributed by atoms with Crippen LogP contribution in [0, 0.1) is 0 Å².